The summed E-state index contributed by atoms with van der Waals surface area (Å²) in [5.74, 6) is -0.636. The SMILES string of the molecule is CCCCC[C@@]1(C)OCC(=CC(=O)OCC)CC[C@H]1OC(C)=O. The zero-order chi connectivity index (χ0) is 17.3. The van der Waals surface area contributed by atoms with Crippen LogP contribution in [-0.4, -0.2) is 36.9 Å². The van der Waals surface area contributed by atoms with Crippen molar-refractivity contribution in [3.05, 3.63) is 11.6 Å². The third-order valence-corrected chi connectivity index (χ3v) is 4.19. The summed E-state index contributed by atoms with van der Waals surface area (Å²) in [7, 11) is 0. The maximum absolute atomic E-state index is 11.6. The van der Waals surface area contributed by atoms with Gasteiger partial charge in [0.1, 0.15) is 11.7 Å². The van der Waals surface area contributed by atoms with Crippen molar-refractivity contribution in [2.75, 3.05) is 13.2 Å². The minimum absolute atomic E-state index is 0.287. The van der Waals surface area contributed by atoms with Gasteiger partial charge >= 0.3 is 11.9 Å². The van der Waals surface area contributed by atoms with Gasteiger partial charge in [0.15, 0.2) is 0 Å². The van der Waals surface area contributed by atoms with E-state index >= 15 is 0 Å². The van der Waals surface area contributed by atoms with Gasteiger partial charge in [0.2, 0.25) is 0 Å². The lowest BCUT2D eigenvalue weighted by Gasteiger charge is -2.35. The molecule has 1 rings (SSSR count). The largest absolute Gasteiger partial charge is 0.463 e. The third-order valence-electron chi connectivity index (χ3n) is 4.19. The van der Waals surface area contributed by atoms with Crippen LogP contribution in [0.5, 0.6) is 0 Å². The third kappa shape index (κ3) is 6.73. The molecule has 1 fully saturated rings. The lowest BCUT2D eigenvalue weighted by atomic mass is 9.89. The summed E-state index contributed by atoms with van der Waals surface area (Å²) in [5, 5.41) is 0. The van der Waals surface area contributed by atoms with Gasteiger partial charge in [-0.3, -0.25) is 4.79 Å². The molecule has 0 aromatic carbocycles. The monoisotopic (exact) mass is 326 g/mol. The van der Waals surface area contributed by atoms with Crippen molar-refractivity contribution >= 4 is 11.9 Å². The van der Waals surface area contributed by atoms with Crippen molar-refractivity contribution in [2.24, 2.45) is 0 Å². The van der Waals surface area contributed by atoms with Crippen molar-refractivity contribution in [3.63, 3.8) is 0 Å². The number of hydrogen-bond donors (Lipinski definition) is 0. The van der Waals surface area contributed by atoms with Crippen molar-refractivity contribution in [1.82, 2.24) is 0 Å². The number of rotatable bonds is 7. The van der Waals surface area contributed by atoms with Gasteiger partial charge in [0.05, 0.1) is 13.2 Å². The highest BCUT2D eigenvalue weighted by Gasteiger charge is 2.39. The van der Waals surface area contributed by atoms with Crippen LogP contribution >= 0.6 is 0 Å². The Hall–Kier alpha value is -1.36. The Morgan fingerprint density at radius 3 is 2.70 bits per heavy atom. The van der Waals surface area contributed by atoms with E-state index in [1.807, 2.05) is 6.92 Å². The summed E-state index contributed by atoms with van der Waals surface area (Å²) in [6.07, 6.45) is 6.66. The predicted octanol–water partition coefficient (Wildman–Crippen LogP) is 3.56. The molecule has 23 heavy (non-hydrogen) atoms. The Bertz CT molecular complexity index is 429. The maximum atomic E-state index is 11.6. The van der Waals surface area contributed by atoms with E-state index in [9.17, 15) is 9.59 Å². The molecule has 1 heterocycles. The van der Waals surface area contributed by atoms with Gasteiger partial charge in [-0.2, -0.15) is 0 Å². The van der Waals surface area contributed by atoms with Crippen molar-refractivity contribution in [1.29, 1.82) is 0 Å². The minimum Gasteiger partial charge on any atom is -0.463 e. The van der Waals surface area contributed by atoms with E-state index in [2.05, 4.69) is 6.92 Å². The molecule has 1 saturated heterocycles. The van der Waals surface area contributed by atoms with Gasteiger partial charge in [0.25, 0.3) is 0 Å². The highest BCUT2D eigenvalue weighted by Crippen LogP contribution is 2.33. The first kappa shape index (κ1) is 19.7. The summed E-state index contributed by atoms with van der Waals surface area (Å²) in [6, 6.07) is 0. The molecule has 0 aromatic heterocycles. The number of hydrogen-bond acceptors (Lipinski definition) is 5. The molecule has 0 saturated carbocycles. The van der Waals surface area contributed by atoms with E-state index in [-0.39, 0.29) is 18.0 Å². The van der Waals surface area contributed by atoms with Gasteiger partial charge in [-0.15, -0.1) is 0 Å². The molecule has 0 aliphatic carbocycles. The topological polar surface area (TPSA) is 61.8 Å². The molecule has 5 nitrogen and oxygen atoms in total. The van der Waals surface area contributed by atoms with Gasteiger partial charge in [-0.1, -0.05) is 26.2 Å². The van der Waals surface area contributed by atoms with E-state index in [0.29, 0.717) is 26.1 Å². The molecule has 0 spiro atoms. The Kier molecular flexibility index (Phi) is 8.31. The Balaban J connectivity index is 2.82. The Morgan fingerprint density at radius 1 is 1.35 bits per heavy atom. The average molecular weight is 326 g/mol. The predicted molar refractivity (Wildman–Crippen MR) is 88.0 cm³/mol. The summed E-state index contributed by atoms with van der Waals surface area (Å²) in [5.41, 5.74) is 0.380. The Labute approximate surface area is 139 Å². The zero-order valence-corrected chi connectivity index (χ0v) is 14.9. The van der Waals surface area contributed by atoms with Crippen LogP contribution in [0.4, 0.5) is 0 Å². The van der Waals surface area contributed by atoms with Crippen LogP contribution in [0.3, 0.4) is 0 Å². The lowest BCUT2D eigenvalue weighted by Crippen LogP contribution is -2.43. The fourth-order valence-electron chi connectivity index (χ4n) is 2.85. The number of unbranched alkanes of at least 4 members (excludes halogenated alkanes) is 2. The highest BCUT2D eigenvalue weighted by molar-refractivity contribution is 5.82. The van der Waals surface area contributed by atoms with Crippen LogP contribution in [0, 0.1) is 0 Å². The van der Waals surface area contributed by atoms with E-state index < -0.39 is 5.60 Å². The number of ether oxygens (including phenoxy) is 3. The molecule has 1 aliphatic heterocycles. The second-order valence-corrected chi connectivity index (χ2v) is 6.25. The average Bonchev–Trinajstić information content (AvgIpc) is 2.61. The van der Waals surface area contributed by atoms with Gasteiger partial charge in [0, 0.05) is 13.0 Å². The first-order chi connectivity index (χ1) is 10.9. The molecule has 2 atom stereocenters. The normalized spacial score (nSPS) is 26.6. The summed E-state index contributed by atoms with van der Waals surface area (Å²) >= 11 is 0. The molecule has 0 amide bonds. The molecular formula is C18H30O5. The molecule has 132 valence electrons. The lowest BCUT2D eigenvalue weighted by molar-refractivity contribution is -0.167. The van der Waals surface area contributed by atoms with Crippen LogP contribution in [0.2, 0.25) is 0 Å². The molecule has 5 heteroatoms. The van der Waals surface area contributed by atoms with E-state index in [1.54, 1.807) is 6.92 Å². The van der Waals surface area contributed by atoms with Crippen LogP contribution in [0.15, 0.2) is 11.6 Å². The summed E-state index contributed by atoms with van der Waals surface area (Å²) in [4.78, 5) is 23.0. The second-order valence-electron chi connectivity index (χ2n) is 6.25. The maximum Gasteiger partial charge on any atom is 0.330 e. The smallest absolute Gasteiger partial charge is 0.330 e. The van der Waals surface area contributed by atoms with Gasteiger partial charge in [-0.25, -0.2) is 4.79 Å². The number of carbonyl (C=O) groups is 2. The number of esters is 2. The molecule has 1 aliphatic rings. The van der Waals surface area contributed by atoms with Gasteiger partial charge in [-0.05, 0) is 38.7 Å². The first-order valence-electron chi connectivity index (χ1n) is 8.58. The Morgan fingerprint density at radius 2 is 2.09 bits per heavy atom. The van der Waals surface area contributed by atoms with Crippen molar-refractivity contribution in [2.45, 2.75) is 77.9 Å². The molecule has 0 unspecified atom stereocenters. The molecule has 0 bridgehead atoms. The first-order valence-corrected chi connectivity index (χ1v) is 8.58. The standard InChI is InChI=1S/C18H30O5/c1-5-7-8-11-18(4)16(23-14(3)19)10-9-15(13-22-18)12-17(20)21-6-2/h12,16H,5-11,13H2,1-4H3/t16-,18-/m1/s1. The van der Waals surface area contributed by atoms with Crippen molar-refractivity contribution < 1.29 is 23.8 Å². The summed E-state index contributed by atoms with van der Waals surface area (Å²) in [6.45, 7) is 8.09. The molecule has 0 N–H and O–H groups in total. The van der Waals surface area contributed by atoms with Crippen LogP contribution in [0.25, 0.3) is 0 Å². The second kappa shape index (κ2) is 9.71. The summed E-state index contributed by atoms with van der Waals surface area (Å²) < 4.78 is 16.6. The molecule has 0 radical (unpaired) electrons. The van der Waals surface area contributed by atoms with Gasteiger partial charge < -0.3 is 14.2 Å². The minimum atomic E-state index is -0.509. The zero-order valence-electron chi connectivity index (χ0n) is 14.9. The van der Waals surface area contributed by atoms with E-state index in [0.717, 1.165) is 31.3 Å². The fourth-order valence-corrected chi connectivity index (χ4v) is 2.85. The molecule has 0 aromatic rings. The highest BCUT2D eigenvalue weighted by atomic mass is 16.6. The number of carbonyl (C=O) groups excluding carboxylic acids is 2. The van der Waals surface area contributed by atoms with Crippen LogP contribution < -0.4 is 0 Å². The molecular weight excluding hydrogens is 296 g/mol. The van der Waals surface area contributed by atoms with Crippen molar-refractivity contribution in [3.8, 4) is 0 Å². The quantitative estimate of drug-likeness (QED) is 0.407. The van der Waals surface area contributed by atoms with E-state index in [1.165, 1.54) is 13.0 Å². The van der Waals surface area contributed by atoms with E-state index in [4.69, 9.17) is 14.2 Å². The fraction of sp³-hybridized carbons (Fsp3) is 0.778. The van der Waals surface area contributed by atoms with Crippen LogP contribution in [-0.2, 0) is 23.8 Å². The van der Waals surface area contributed by atoms with Crippen LogP contribution in [0.1, 0.15) is 66.2 Å².